The number of hydrogen-bond donors (Lipinski definition) is 2. The Kier molecular flexibility index (Phi) is 4.33. The van der Waals surface area contributed by atoms with E-state index in [0.717, 1.165) is 16.5 Å². The Bertz CT molecular complexity index is 884. The second-order valence-corrected chi connectivity index (χ2v) is 5.74. The number of aromatic carboxylic acids is 1. The zero-order valence-corrected chi connectivity index (χ0v) is 13.3. The van der Waals surface area contributed by atoms with Crippen molar-refractivity contribution in [2.24, 2.45) is 0 Å². The van der Waals surface area contributed by atoms with Crippen molar-refractivity contribution in [3.05, 3.63) is 71.4 Å². The summed E-state index contributed by atoms with van der Waals surface area (Å²) in [4.78, 5) is 28.5. The fourth-order valence-corrected chi connectivity index (χ4v) is 2.80. The molecule has 2 aromatic carbocycles. The van der Waals surface area contributed by atoms with Gasteiger partial charge in [0.25, 0.3) is 0 Å². The van der Waals surface area contributed by atoms with Gasteiger partial charge >= 0.3 is 5.97 Å². The van der Waals surface area contributed by atoms with Crippen molar-refractivity contribution in [1.29, 1.82) is 0 Å². The van der Waals surface area contributed by atoms with Gasteiger partial charge in [-0.3, -0.25) is 4.79 Å². The Morgan fingerprint density at radius 3 is 2.42 bits per heavy atom. The molecule has 0 aliphatic heterocycles. The van der Waals surface area contributed by atoms with Crippen LogP contribution in [-0.4, -0.2) is 33.9 Å². The van der Waals surface area contributed by atoms with Crippen molar-refractivity contribution in [2.75, 3.05) is 7.05 Å². The molecule has 0 atom stereocenters. The summed E-state index contributed by atoms with van der Waals surface area (Å²) >= 11 is 0. The van der Waals surface area contributed by atoms with Crippen molar-refractivity contribution < 1.29 is 14.7 Å². The van der Waals surface area contributed by atoms with E-state index in [1.54, 1.807) is 11.9 Å². The fraction of sp³-hybridized carbons (Fsp3) is 0.158. The average molecular weight is 322 g/mol. The Labute approximate surface area is 139 Å². The van der Waals surface area contributed by atoms with Gasteiger partial charge in [-0.15, -0.1) is 0 Å². The Morgan fingerprint density at radius 1 is 1.04 bits per heavy atom. The van der Waals surface area contributed by atoms with E-state index in [0.29, 0.717) is 12.1 Å². The van der Waals surface area contributed by atoms with Crippen LogP contribution in [0.15, 0.2) is 54.6 Å². The number of para-hydroxylation sites is 1. The molecular weight excluding hydrogens is 304 g/mol. The second-order valence-electron chi connectivity index (χ2n) is 5.74. The van der Waals surface area contributed by atoms with E-state index in [2.05, 4.69) is 4.98 Å². The first-order chi connectivity index (χ1) is 11.6. The van der Waals surface area contributed by atoms with Crippen LogP contribution in [0, 0.1) is 0 Å². The van der Waals surface area contributed by atoms with Crippen molar-refractivity contribution in [2.45, 2.75) is 13.0 Å². The maximum absolute atomic E-state index is 12.6. The third kappa shape index (κ3) is 3.15. The summed E-state index contributed by atoms with van der Waals surface area (Å²) in [7, 11) is 1.73. The predicted molar refractivity (Wildman–Crippen MR) is 91.9 cm³/mol. The minimum atomic E-state index is -1.06. The summed E-state index contributed by atoms with van der Waals surface area (Å²) in [6.07, 6.45) is 0.0506. The molecule has 0 unspecified atom stereocenters. The lowest BCUT2D eigenvalue weighted by Gasteiger charge is -2.17. The maximum Gasteiger partial charge on any atom is 0.352 e. The van der Waals surface area contributed by atoms with Gasteiger partial charge in [0.1, 0.15) is 5.69 Å². The zero-order valence-electron chi connectivity index (χ0n) is 13.3. The molecule has 5 nitrogen and oxygen atoms in total. The number of carbonyl (C=O) groups is 2. The number of benzene rings is 2. The Balaban J connectivity index is 1.85. The third-order valence-corrected chi connectivity index (χ3v) is 4.04. The summed E-state index contributed by atoms with van der Waals surface area (Å²) in [5.41, 5.74) is 2.37. The second kappa shape index (κ2) is 6.58. The van der Waals surface area contributed by atoms with Gasteiger partial charge in [-0.1, -0.05) is 48.5 Å². The predicted octanol–water partition coefficient (Wildman–Crippen LogP) is 3.07. The molecule has 24 heavy (non-hydrogen) atoms. The van der Waals surface area contributed by atoms with E-state index >= 15 is 0 Å². The molecule has 2 N–H and O–H groups in total. The molecular formula is C19H18N2O3. The number of nitrogens with one attached hydrogen (secondary N) is 1. The first kappa shape index (κ1) is 15.8. The quantitative estimate of drug-likeness (QED) is 0.758. The minimum Gasteiger partial charge on any atom is -0.477 e. The van der Waals surface area contributed by atoms with Crippen LogP contribution in [0.5, 0.6) is 0 Å². The maximum atomic E-state index is 12.6. The number of likely N-dealkylation sites (N-methyl/N-ethyl adjacent to an activating group) is 1. The molecule has 0 radical (unpaired) electrons. The summed E-state index contributed by atoms with van der Waals surface area (Å²) in [6, 6.07) is 17.0. The molecule has 3 aromatic rings. The number of H-pyrrole nitrogens is 1. The van der Waals surface area contributed by atoms with E-state index in [1.807, 2.05) is 54.6 Å². The Morgan fingerprint density at radius 2 is 1.71 bits per heavy atom. The number of fused-ring (bicyclic) bond motifs is 1. The third-order valence-electron chi connectivity index (χ3n) is 4.04. The number of rotatable bonds is 5. The topological polar surface area (TPSA) is 73.4 Å². The number of hydrogen-bond acceptors (Lipinski definition) is 2. The van der Waals surface area contributed by atoms with Crippen molar-refractivity contribution in [1.82, 2.24) is 9.88 Å². The Hall–Kier alpha value is -3.08. The largest absolute Gasteiger partial charge is 0.477 e. The lowest BCUT2D eigenvalue weighted by Crippen LogP contribution is -2.28. The highest BCUT2D eigenvalue weighted by Crippen LogP contribution is 2.23. The van der Waals surface area contributed by atoms with E-state index in [1.165, 1.54) is 0 Å². The van der Waals surface area contributed by atoms with Crippen LogP contribution in [0.4, 0.5) is 0 Å². The van der Waals surface area contributed by atoms with Crippen LogP contribution in [-0.2, 0) is 17.8 Å². The summed E-state index contributed by atoms with van der Waals surface area (Å²) in [5.74, 6) is -1.18. The summed E-state index contributed by atoms with van der Waals surface area (Å²) in [6.45, 7) is 0.491. The molecule has 0 fully saturated rings. The van der Waals surface area contributed by atoms with Gasteiger partial charge in [0, 0.05) is 30.1 Å². The number of aromatic nitrogens is 1. The molecule has 3 rings (SSSR count). The molecule has 0 aliphatic carbocycles. The van der Waals surface area contributed by atoms with Crippen LogP contribution in [0.2, 0.25) is 0 Å². The fourth-order valence-electron chi connectivity index (χ4n) is 2.80. The minimum absolute atomic E-state index is 0.0506. The van der Waals surface area contributed by atoms with Gasteiger partial charge in [-0.25, -0.2) is 4.79 Å². The first-order valence-corrected chi connectivity index (χ1v) is 7.67. The molecule has 1 amide bonds. The van der Waals surface area contributed by atoms with Crippen LogP contribution >= 0.6 is 0 Å². The smallest absolute Gasteiger partial charge is 0.352 e. The normalized spacial score (nSPS) is 10.7. The molecule has 0 spiro atoms. The van der Waals surface area contributed by atoms with Crippen LogP contribution < -0.4 is 0 Å². The average Bonchev–Trinajstić information content (AvgIpc) is 2.95. The number of carboxylic acid groups (broad SMARTS) is 1. The number of amides is 1. The molecule has 0 aliphatic rings. The molecule has 0 saturated carbocycles. The molecule has 0 bridgehead atoms. The van der Waals surface area contributed by atoms with E-state index in [-0.39, 0.29) is 18.0 Å². The van der Waals surface area contributed by atoms with Gasteiger partial charge in [-0.2, -0.15) is 0 Å². The highest BCUT2D eigenvalue weighted by atomic mass is 16.4. The monoisotopic (exact) mass is 322 g/mol. The van der Waals surface area contributed by atoms with Gasteiger partial charge in [-0.05, 0) is 11.6 Å². The van der Waals surface area contributed by atoms with Gasteiger partial charge in [0.2, 0.25) is 5.91 Å². The summed E-state index contributed by atoms with van der Waals surface area (Å²) < 4.78 is 0. The lowest BCUT2D eigenvalue weighted by atomic mass is 10.1. The molecule has 122 valence electrons. The highest BCUT2D eigenvalue weighted by molar-refractivity contribution is 5.99. The van der Waals surface area contributed by atoms with Gasteiger partial charge in [0.05, 0.1) is 6.42 Å². The van der Waals surface area contributed by atoms with Crippen LogP contribution in [0.25, 0.3) is 10.9 Å². The zero-order chi connectivity index (χ0) is 17.1. The highest BCUT2D eigenvalue weighted by Gasteiger charge is 2.20. The van der Waals surface area contributed by atoms with E-state index in [4.69, 9.17) is 0 Å². The number of carbonyl (C=O) groups excluding carboxylic acids is 1. The first-order valence-electron chi connectivity index (χ1n) is 7.67. The molecule has 1 aromatic heterocycles. The standard InChI is InChI=1S/C19H18N2O3/c1-21(12-13-7-3-2-4-8-13)17(22)11-15-14-9-5-6-10-16(14)20-18(15)19(23)24/h2-10,20H,11-12H2,1H3,(H,23,24). The van der Waals surface area contributed by atoms with Crippen LogP contribution in [0.1, 0.15) is 21.6 Å². The van der Waals surface area contributed by atoms with Gasteiger partial charge < -0.3 is 15.0 Å². The van der Waals surface area contributed by atoms with E-state index < -0.39 is 5.97 Å². The SMILES string of the molecule is CN(Cc1ccccc1)C(=O)Cc1c(C(=O)O)[nH]c2ccccc12. The molecule has 5 heteroatoms. The number of nitrogens with zero attached hydrogens (tertiary/aromatic N) is 1. The van der Waals surface area contributed by atoms with Crippen molar-refractivity contribution >= 4 is 22.8 Å². The van der Waals surface area contributed by atoms with Crippen molar-refractivity contribution in [3.8, 4) is 0 Å². The van der Waals surface area contributed by atoms with Crippen LogP contribution in [0.3, 0.4) is 0 Å². The number of aromatic amines is 1. The molecule has 1 heterocycles. The van der Waals surface area contributed by atoms with Gasteiger partial charge in [0.15, 0.2) is 0 Å². The van der Waals surface area contributed by atoms with Crippen molar-refractivity contribution in [3.63, 3.8) is 0 Å². The number of carboxylic acids is 1. The summed E-state index contributed by atoms with van der Waals surface area (Å²) in [5, 5.41) is 10.2. The molecule has 0 saturated heterocycles. The van der Waals surface area contributed by atoms with E-state index in [9.17, 15) is 14.7 Å². The lowest BCUT2D eigenvalue weighted by molar-refractivity contribution is -0.129.